The average molecular weight is 309 g/mol. The SMILES string of the molecule is COC(=O)C[C@@H](NC(=O)[C@@H](OC)c1ccccc1)C(=O)OC. The summed E-state index contributed by atoms with van der Waals surface area (Å²) in [6, 6.07) is 7.65. The van der Waals surface area contributed by atoms with Gasteiger partial charge in [0.1, 0.15) is 6.04 Å². The third-order valence-electron chi connectivity index (χ3n) is 2.98. The van der Waals surface area contributed by atoms with E-state index in [0.29, 0.717) is 5.56 Å². The summed E-state index contributed by atoms with van der Waals surface area (Å²) in [5.41, 5.74) is 0.629. The van der Waals surface area contributed by atoms with Crippen LogP contribution in [0, 0.1) is 0 Å². The number of hydrogen-bond donors (Lipinski definition) is 1. The monoisotopic (exact) mass is 309 g/mol. The van der Waals surface area contributed by atoms with Crippen LogP contribution in [-0.4, -0.2) is 45.2 Å². The highest BCUT2D eigenvalue weighted by molar-refractivity contribution is 5.90. The van der Waals surface area contributed by atoms with Crippen molar-refractivity contribution >= 4 is 17.8 Å². The van der Waals surface area contributed by atoms with Gasteiger partial charge in [0.15, 0.2) is 6.10 Å². The van der Waals surface area contributed by atoms with Crippen LogP contribution in [0.2, 0.25) is 0 Å². The number of hydrogen-bond acceptors (Lipinski definition) is 6. The van der Waals surface area contributed by atoms with Crippen LogP contribution in [0.3, 0.4) is 0 Å². The first-order valence-corrected chi connectivity index (χ1v) is 6.56. The molecular weight excluding hydrogens is 290 g/mol. The van der Waals surface area contributed by atoms with Crippen LogP contribution in [0.5, 0.6) is 0 Å². The summed E-state index contributed by atoms with van der Waals surface area (Å²) >= 11 is 0. The molecule has 1 aromatic rings. The van der Waals surface area contributed by atoms with Gasteiger partial charge in [0, 0.05) is 7.11 Å². The second kappa shape index (κ2) is 8.78. The number of rotatable bonds is 7. The van der Waals surface area contributed by atoms with Gasteiger partial charge in [-0.3, -0.25) is 9.59 Å². The van der Waals surface area contributed by atoms with Gasteiger partial charge >= 0.3 is 11.9 Å². The normalized spacial score (nSPS) is 12.9. The molecule has 120 valence electrons. The molecule has 0 saturated carbocycles. The highest BCUT2D eigenvalue weighted by atomic mass is 16.5. The van der Waals surface area contributed by atoms with Crippen molar-refractivity contribution in [3.63, 3.8) is 0 Å². The quantitative estimate of drug-likeness (QED) is 0.742. The Balaban J connectivity index is 2.84. The van der Waals surface area contributed by atoms with Gasteiger partial charge in [-0.25, -0.2) is 4.79 Å². The van der Waals surface area contributed by atoms with Gasteiger partial charge in [0.2, 0.25) is 0 Å². The van der Waals surface area contributed by atoms with Crippen molar-refractivity contribution in [2.75, 3.05) is 21.3 Å². The third-order valence-corrected chi connectivity index (χ3v) is 2.98. The predicted molar refractivity (Wildman–Crippen MR) is 76.8 cm³/mol. The Labute approximate surface area is 128 Å². The number of amides is 1. The molecule has 0 saturated heterocycles. The molecule has 7 heteroatoms. The highest BCUT2D eigenvalue weighted by Crippen LogP contribution is 2.16. The number of methoxy groups -OCH3 is 3. The molecule has 1 N–H and O–H groups in total. The summed E-state index contributed by atoms with van der Waals surface area (Å²) in [6.45, 7) is 0. The third kappa shape index (κ3) is 4.85. The van der Waals surface area contributed by atoms with Crippen molar-refractivity contribution < 1.29 is 28.6 Å². The second-order valence-corrected chi connectivity index (χ2v) is 4.39. The van der Waals surface area contributed by atoms with E-state index in [0.717, 1.165) is 0 Å². The lowest BCUT2D eigenvalue weighted by Crippen LogP contribution is -2.45. The Hall–Kier alpha value is -2.41. The molecule has 1 aromatic carbocycles. The first kappa shape index (κ1) is 17.6. The van der Waals surface area contributed by atoms with Crippen molar-refractivity contribution in [1.82, 2.24) is 5.32 Å². The van der Waals surface area contributed by atoms with E-state index in [1.54, 1.807) is 24.3 Å². The fourth-order valence-corrected chi connectivity index (χ4v) is 1.86. The molecule has 0 fully saturated rings. The van der Waals surface area contributed by atoms with E-state index >= 15 is 0 Å². The molecule has 2 atom stereocenters. The minimum atomic E-state index is -1.13. The average Bonchev–Trinajstić information content (AvgIpc) is 2.55. The van der Waals surface area contributed by atoms with Gasteiger partial charge in [-0.2, -0.15) is 0 Å². The second-order valence-electron chi connectivity index (χ2n) is 4.39. The van der Waals surface area contributed by atoms with E-state index < -0.39 is 30.0 Å². The molecule has 1 rings (SSSR count). The van der Waals surface area contributed by atoms with Crippen LogP contribution in [0.4, 0.5) is 0 Å². The zero-order valence-corrected chi connectivity index (χ0v) is 12.7. The number of ether oxygens (including phenoxy) is 3. The summed E-state index contributed by atoms with van der Waals surface area (Å²) in [4.78, 5) is 35.3. The first-order valence-electron chi connectivity index (χ1n) is 6.56. The molecule has 0 spiro atoms. The van der Waals surface area contributed by atoms with E-state index in [4.69, 9.17) is 4.74 Å². The Morgan fingerprint density at radius 2 is 1.68 bits per heavy atom. The molecule has 0 aliphatic heterocycles. The Bertz CT molecular complexity index is 516. The summed E-state index contributed by atoms with van der Waals surface area (Å²) < 4.78 is 14.2. The minimum absolute atomic E-state index is 0.319. The molecule has 0 aromatic heterocycles. The maximum atomic E-state index is 12.3. The van der Waals surface area contributed by atoms with Crippen LogP contribution in [0.1, 0.15) is 18.1 Å². The van der Waals surface area contributed by atoms with Crippen LogP contribution >= 0.6 is 0 Å². The van der Waals surface area contributed by atoms with Gasteiger partial charge in [-0.1, -0.05) is 30.3 Å². The van der Waals surface area contributed by atoms with E-state index in [2.05, 4.69) is 14.8 Å². The van der Waals surface area contributed by atoms with E-state index in [1.165, 1.54) is 21.3 Å². The number of nitrogens with one attached hydrogen (secondary N) is 1. The fraction of sp³-hybridized carbons (Fsp3) is 0.400. The minimum Gasteiger partial charge on any atom is -0.469 e. The van der Waals surface area contributed by atoms with E-state index in [-0.39, 0.29) is 6.42 Å². The number of benzene rings is 1. The lowest BCUT2D eigenvalue weighted by atomic mass is 10.1. The molecule has 0 heterocycles. The molecule has 22 heavy (non-hydrogen) atoms. The van der Waals surface area contributed by atoms with E-state index in [1.807, 2.05) is 6.07 Å². The van der Waals surface area contributed by atoms with E-state index in [9.17, 15) is 14.4 Å². The summed E-state index contributed by atoms with van der Waals surface area (Å²) in [7, 11) is 3.74. The first-order chi connectivity index (χ1) is 10.5. The van der Waals surface area contributed by atoms with Crippen molar-refractivity contribution in [2.45, 2.75) is 18.6 Å². The zero-order chi connectivity index (χ0) is 16.5. The van der Waals surface area contributed by atoms with Gasteiger partial charge < -0.3 is 19.5 Å². The molecule has 1 amide bonds. The van der Waals surface area contributed by atoms with Crippen molar-refractivity contribution in [3.8, 4) is 0 Å². The van der Waals surface area contributed by atoms with Gasteiger partial charge in [-0.05, 0) is 5.56 Å². The number of esters is 2. The smallest absolute Gasteiger partial charge is 0.328 e. The summed E-state index contributed by atoms with van der Waals surface area (Å²) in [6.07, 6.45) is -1.22. The van der Waals surface area contributed by atoms with Crippen LogP contribution < -0.4 is 5.32 Å². The standard InChI is InChI=1S/C15H19NO6/c1-20-12(17)9-11(15(19)22-3)16-14(18)13(21-2)10-7-5-4-6-8-10/h4-8,11,13H,9H2,1-3H3,(H,16,18)/t11-,13+/m1/s1. The molecule has 0 aliphatic rings. The molecule has 0 radical (unpaired) electrons. The van der Waals surface area contributed by atoms with Crippen LogP contribution in [-0.2, 0) is 28.6 Å². The van der Waals surface area contributed by atoms with Crippen molar-refractivity contribution in [3.05, 3.63) is 35.9 Å². The molecule has 0 bridgehead atoms. The topological polar surface area (TPSA) is 90.9 Å². The Kier molecular flexibility index (Phi) is 7.04. The molecule has 7 nitrogen and oxygen atoms in total. The Morgan fingerprint density at radius 3 is 2.18 bits per heavy atom. The highest BCUT2D eigenvalue weighted by Gasteiger charge is 2.29. The van der Waals surface area contributed by atoms with Crippen LogP contribution in [0.15, 0.2) is 30.3 Å². The van der Waals surface area contributed by atoms with Gasteiger partial charge in [0.25, 0.3) is 5.91 Å². The lowest BCUT2D eigenvalue weighted by Gasteiger charge is -2.20. The maximum Gasteiger partial charge on any atom is 0.328 e. The largest absolute Gasteiger partial charge is 0.469 e. The summed E-state index contributed by atoms with van der Waals surface area (Å²) in [5.74, 6) is -1.92. The molecular formula is C15H19NO6. The number of carbonyl (C=O) groups excluding carboxylic acids is 3. The summed E-state index contributed by atoms with van der Waals surface area (Å²) in [5, 5.41) is 2.44. The lowest BCUT2D eigenvalue weighted by molar-refractivity contribution is -0.151. The van der Waals surface area contributed by atoms with Crippen molar-refractivity contribution in [1.29, 1.82) is 0 Å². The van der Waals surface area contributed by atoms with Gasteiger partial charge in [-0.15, -0.1) is 0 Å². The molecule has 0 unspecified atom stereocenters. The molecule has 0 aliphatic carbocycles. The van der Waals surface area contributed by atoms with Crippen LogP contribution in [0.25, 0.3) is 0 Å². The van der Waals surface area contributed by atoms with Gasteiger partial charge in [0.05, 0.1) is 20.6 Å². The number of carbonyl (C=O) groups is 3. The zero-order valence-electron chi connectivity index (χ0n) is 12.7. The fourth-order valence-electron chi connectivity index (χ4n) is 1.86. The Morgan fingerprint density at radius 1 is 1.05 bits per heavy atom. The predicted octanol–water partition coefficient (Wildman–Crippen LogP) is 0.595. The van der Waals surface area contributed by atoms with Crippen molar-refractivity contribution in [2.24, 2.45) is 0 Å². The maximum absolute atomic E-state index is 12.3.